The number of anilines is 1. The van der Waals surface area contributed by atoms with Crippen LogP contribution in [0.4, 0.5) is 5.69 Å². The summed E-state index contributed by atoms with van der Waals surface area (Å²) < 4.78 is 5.35. The molecule has 1 heterocycles. The average molecular weight is 363 g/mol. The largest absolute Gasteiger partial charge is 0.423 e. The Morgan fingerprint density at radius 3 is 2.30 bits per heavy atom. The monoisotopic (exact) mass is 363 g/mol. The minimum absolute atomic E-state index is 0.106. The molecule has 138 valence electrons. The number of benzene rings is 2. The van der Waals surface area contributed by atoms with Gasteiger partial charge in [0.2, 0.25) is 11.8 Å². The summed E-state index contributed by atoms with van der Waals surface area (Å²) in [5.41, 5.74) is 0.997. The Bertz CT molecular complexity index is 875. The van der Waals surface area contributed by atoms with E-state index in [2.05, 4.69) is 6.92 Å². The van der Waals surface area contributed by atoms with Gasteiger partial charge in [-0.15, -0.1) is 0 Å². The zero-order valence-corrected chi connectivity index (χ0v) is 15.1. The first-order valence-corrected chi connectivity index (χ1v) is 9.29. The quantitative estimate of drug-likeness (QED) is 0.472. The van der Waals surface area contributed by atoms with E-state index in [0.717, 1.165) is 19.3 Å². The van der Waals surface area contributed by atoms with Crippen molar-refractivity contribution in [2.24, 2.45) is 17.8 Å². The van der Waals surface area contributed by atoms with E-state index >= 15 is 0 Å². The third-order valence-electron chi connectivity index (χ3n) is 5.50. The van der Waals surface area contributed by atoms with Crippen molar-refractivity contribution in [1.82, 2.24) is 0 Å². The maximum atomic E-state index is 12.8. The third kappa shape index (κ3) is 3.25. The number of carbonyl (C=O) groups is 3. The minimum Gasteiger partial charge on any atom is -0.423 e. The smallest absolute Gasteiger partial charge is 0.343 e. The van der Waals surface area contributed by atoms with E-state index in [1.165, 1.54) is 4.90 Å². The first kappa shape index (κ1) is 17.5. The molecular formula is C22H21NO4. The second kappa shape index (κ2) is 6.99. The molecule has 1 saturated carbocycles. The van der Waals surface area contributed by atoms with E-state index in [1.54, 1.807) is 48.5 Å². The predicted molar refractivity (Wildman–Crippen MR) is 100 cm³/mol. The highest BCUT2D eigenvalue weighted by molar-refractivity contribution is 6.22. The Morgan fingerprint density at radius 2 is 1.59 bits per heavy atom. The SMILES string of the molecule is C[C@H]1CC[C@@H]2C(=O)N(c3ccc(OC(=O)c4ccccc4)cc3)C(=O)[C@@H]2C1. The summed E-state index contributed by atoms with van der Waals surface area (Å²) in [5.74, 6) is -0.199. The van der Waals surface area contributed by atoms with Crippen molar-refractivity contribution < 1.29 is 19.1 Å². The predicted octanol–water partition coefficient (Wildman–Crippen LogP) is 3.83. The van der Waals surface area contributed by atoms with Crippen LogP contribution in [0.5, 0.6) is 5.75 Å². The van der Waals surface area contributed by atoms with Crippen LogP contribution >= 0.6 is 0 Å². The van der Waals surface area contributed by atoms with Crippen molar-refractivity contribution in [3.8, 4) is 5.75 Å². The van der Waals surface area contributed by atoms with Crippen molar-refractivity contribution in [3.05, 3.63) is 60.2 Å². The van der Waals surface area contributed by atoms with E-state index < -0.39 is 5.97 Å². The van der Waals surface area contributed by atoms with Crippen LogP contribution < -0.4 is 9.64 Å². The van der Waals surface area contributed by atoms with Gasteiger partial charge in [-0.3, -0.25) is 14.5 Å². The van der Waals surface area contributed by atoms with Gasteiger partial charge in [-0.1, -0.05) is 25.1 Å². The molecule has 1 aliphatic carbocycles. The second-order valence-corrected chi connectivity index (χ2v) is 7.39. The van der Waals surface area contributed by atoms with E-state index in [0.29, 0.717) is 22.9 Å². The lowest BCUT2D eigenvalue weighted by atomic mass is 9.76. The zero-order valence-electron chi connectivity index (χ0n) is 15.1. The lowest BCUT2D eigenvalue weighted by molar-refractivity contribution is -0.122. The van der Waals surface area contributed by atoms with Crippen LogP contribution in [-0.4, -0.2) is 17.8 Å². The van der Waals surface area contributed by atoms with E-state index in [-0.39, 0.29) is 23.7 Å². The van der Waals surface area contributed by atoms with Gasteiger partial charge in [0.15, 0.2) is 0 Å². The molecule has 0 bridgehead atoms. The van der Waals surface area contributed by atoms with Gasteiger partial charge < -0.3 is 4.74 Å². The molecule has 27 heavy (non-hydrogen) atoms. The van der Waals surface area contributed by atoms with E-state index in [9.17, 15) is 14.4 Å². The highest BCUT2D eigenvalue weighted by Crippen LogP contribution is 2.42. The number of imide groups is 1. The van der Waals surface area contributed by atoms with Crippen molar-refractivity contribution in [2.75, 3.05) is 4.90 Å². The standard InChI is InChI=1S/C22H21NO4/c1-14-7-12-18-19(13-14)21(25)23(20(18)24)16-8-10-17(11-9-16)27-22(26)15-5-3-2-4-6-15/h2-6,8-11,14,18-19H,7,12-13H2,1H3/t14-,18-,19+/m0/s1. The van der Waals surface area contributed by atoms with Crippen LogP contribution in [0.2, 0.25) is 0 Å². The molecule has 2 amide bonds. The zero-order chi connectivity index (χ0) is 19.0. The van der Waals surface area contributed by atoms with E-state index in [1.807, 2.05) is 6.07 Å². The number of carbonyl (C=O) groups excluding carboxylic acids is 3. The molecule has 0 radical (unpaired) electrons. The number of fused-ring (bicyclic) bond motifs is 1. The maximum absolute atomic E-state index is 12.8. The molecule has 4 rings (SSSR count). The van der Waals surface area contributed by atoms with Gasteiger partial charge in [-0.2, -0.15) is 0 Å². The molecule has 5 heteroatoms. The number of amides is 2. The number of nitrogens with zero attached hydrogens (tertiary/aromatic N) is 1. The number of ether oxygens (including phenoxy) is 1. The molecule has 2 aromatic rings. The van der Waals surface area contributed by atoms with Gasteiger partial charge >= 0.3 is 5.97 Å². The molecular weight excluding hydrogens is 342 g/mol. The van der Waals surface area contributed by atoms with Crippen LogP contribution in [0.1, 0.15) is 36.5 Å². The first-order chi connectivity index (χ1) is 13.0. The molecule has 1 saturated heterocycles. The van der Waals surface area contributed by atoms with E-state index in [4.69, 9.17) is 4.74 Å². The molecule has 2 aromatic carbocycles. The van der Waals surface area contributed by atoms with Gasteiger partial charge in [0.05, 0.1) is 23.1 Å². The summed E-state index contributed by atoms with van der Waals surface area (Å²) in [5, 5.41) is 0. The topological polar surface area (TPSA) is 63.7 Å². The third-order valence-corrected chi connectivity index (χ3v) is 5.50. The van der Waals surface area contributed by atoms with Crippen LogP contribution in [0.3, 0.4) is 0 Å². The van der Waals surface area contributed by atoms with Crippen molar-refractivity contribution in [1.29, 1.82) is 0 Å². The minimum atomic E-state index is -0.448. The second-order valence-electron chi connectivity index (χ2n) is 7.39. The number of esters is 1. The van der Waals surface area contributed by atoms with Gasteiger partial charge in [-0.05, 0) is 61.6 Å². The molecule has 0 N–H and O–H groups in total. The Labute approximate surface area is 157 Å². The summed E-state index contributed by atoms with van der Waals surface area (Å²) in [6.07, 6.45) is 2.54. The molecule has 3 atom stereocenters. The van der Waals surface area contributed by atoms with Crippen molar-refractivity contribution in [2.45, 2.75) is 26.2 Å². The molecule has 0 aromatic heterocycles. The fourth-order valence-electron chi connectivity index (χ4n) is 4.05. The highest BCUT2D eigenvalue weighted by atomic mass is 16.5. The summed E-state index contributed by atoms with van der Waals surface area (Å²) in [6.45, 7) is 2.13. The number of rotatable bonds is 3. The molecule has 5 nitrogen and oxygen atoms in total. The summed E-state index contributed by atoms with van der Waals surface area (Å²) in [7, 11) is 0. The van der Waals surface area contributed by atoms with Crippen LogP contribution in [-0.2, 0) is 9.59 Å². The fraction of sp³-hybridized carbons (Fsp3) is 0.318. The Morgan fingerprint density at radius 1 is 0.926 bits per heavy atom. The normalized spacial score (nSPS) is 24.6. The Hall–Kier alpha value is -2.95. The summed E-state index contributed by atoms with van der Waals surface area (Å²) in [6, 6.07) is 15.3. The number of hydrogen-bond donors (Lipinski definition) is 0. The van der Waals surface area contributed by atoms with Crippen molar-refractivity contribution >= 4 is 23.5 Å². The average Bonchev–Trinajstić information content (AvgIpc) is 2.93. The van der Waals surface area contributed by atoms with Gasteiger partial charge in [0.25, 0.3) is 0 Å². The number of hydrogen-bond acceptors (Lipinski definition) is 4. The van der Waals surface area contributed by atoms with Crippen LogP contribution in [0, 0.1) is 17.8 Å². The highest BCUT2D eigenvalue weighted by Gasteiger charge is 2.49. The van der Waals surface area contributed by atoms with Gasteiger partial charge in [-0.25, -0.2) is 4.79 Å². The lowest BCUT2D eigenvalue weighted by Gasteiger charge is -2.25. The Balaban J connectivity index is 1.50. The van der Waals surface area contributed by atoms with Gasteiger partial charge in [0.1, 0.15) is 5.75 Å². The van der Waals surface area contributed by atoms with Crippen LogP contribution in [0.25, 0.3) is 0 Å². The Kier molecular flexibility index (Phi) is 4.52. The molecule has 1 aliphatic heterocycles. The summed E-state index contributed by atoms with van der Waals surface area (Å²) >= 11 is 0. The summed E-state index contributed by atoms with van der Waals surface area (Å²) in [4.78, 5) is 38.9. The molecule has 0 spiro atoms. The lowest BCUT2D eigenvalue weighted by Crippen LogP contribution is -2.30. The molecule has 2 aliphatic rings. The molecule has 0 unspecified atom stereocenters. The van der Waals surface area contributed by atoms with Crippen molar-refractivity contribution in [3.63, 3.8) is 0 Å². The first-order valence-electron chi connectivity index (χ1n) is 9.29. The molecule has 2 fully saturated rings. The fourth-order valence-corrected chi connectivity index (χ4v) is 4.05. The van der Waals surface area contributed by atoms with Crippen LogP contribution in [0.15, 0.2) is 54.6 Å². The maximum Gasteiger partial charge on any atom is 0.343 e. The van der Waals surface area contributed by atoms with Gasteiger partial charge in [0, 0.05) is 0 Å².